The van der Waals surface area contributed by atoms with Gasteiger partial charge in [0.15, 0.2) is 22.6 Å². The van der Waals surface area contributed by atoms with Gasteiger partial charge in [0.05, 0.1) is 11.1 Å². The molecular formula is C10H10BrF3N2OS. The molecule has 0 aliphatic carbocycles. The zero-order valence-electron chi connectivity index (χ0n) is 9.07. The highest BCUT2D eigenvalue weighted by atomic mass is 79.9. The average Bonchev–Trinajstić information content (AvgIpc) is 2.36. The first kappa shape index (κ1) is 15.2. The summed E-state index contributed by atoms with van der Waals surface area (Å²) in [6.07, 6.45) is 0. The molecule has 0 aliphatic heterocycles. The van der Waals surface area contributed by atoms with E-state index in [1.165, 1.54) is 0 Å². The molecule has 3 N–H and O–H groups in total. The lowest BCUT2D eigenvalue weighted by Gasteiger charge is -2.11. The van der Waals surface area contributed by atoms with Crippen molar-refractivity contribution in [3.05, 3.63) is 33.6 Å². The number of rotatable bonds is 4. The second-order valence-corrected chi connectivity index (χ2v) is 4.56. The summed E-state index contributed by atoms with van der Waals surface area (Å²) < 4.78 is 39.3. The molecule has 1 aromatic rings. The van der Waals surface area contributed by atoms with Gasteiger partial charge in [-0.05, 0) is 34.2 Å². The van der Waals surface area contributed by atoms with E-state index >= 15 is 0 Å². The Balaban J connectivity index is 2.71. The van der Waals surface area contributed by atoms with Gasteiger partial charge < -0.3 is 15.7 Å². The van der Waals surface area contributed by atoms with Crippen molar-refractivity contribution >= 4 is 33.3 Å². The first-order valence-electron chi connectivity index (χ1n) is 4.91. The van der Waals surface area contributed by atoms with Crippen molar-refractivity contribution in [3.63, 3.8) is 0 Å². The van der Waals surface area contributed by atoms with Crippen LogP contribution in [0.25, 0.3) is 0 Å². The molecule has 0 spiro atoms. The highest BCUT2D eigenvalue weighted by Crippen LogP contribution is 2.23. The van der Waals surface area contributed by atoms with Gasteiger partial charge in [0, 0.05) is 18.7 Å². The molecule has 0 radical (unpaired) electrons. The monoisotopic (exact) mass is 342 g/mol. The third-order valence-electron chi connectivity index (χ3n) is 2.01. The third-order valence-corrected chi connectivity index (χ3v) is 2.88. The highest BCUT2D eigenvalue weighted by molar-refractivity contribution is 9.10. The van der Waals surface area contributed by atoms with Crippen molar-refractivity contribution in [1.29, 1.82) is 0 Å². The predicted octanol–water partition coefficient (Wildman–Crippen LogP) is 1.82. The maximum Gasteiger partial charge on any atom is 0.195 e. The molecule has 0 heterocycles. The van der Waals surface area contributed by atoms with Gasteiger partial charge in [-0.3, -0.25) is 0 Å². The average molecular weight is 343 g/mol. The standard InChI is InChI=1S/C10H10BrF3N2OS/c11-6-3-5(7(12)9(14)8(6)13)4-16-10(18)15-1-2-17/h3,17H,1-2,4H2,(H2,15,16,18). The SMILES string of the molecule is OCCNC(=S)NCc1cc(Br)c(F)c(F)c1F. The van der Waals surface area contributed by atoms with E-state index in [-0.39, 0.29) is 34.8 Å². The van der Waals surface area contributed by atoms with Crippen molar-refractivity contribution < 1.29 is 18.3 Å². The van der Waals surface area contributed by atoms with Crippen LogP contribution in [0.4, 0.5) is 13.2 Å². The Labute approximate surface area is 116 Å². The van der Waals surface area contributed by atoms with Crippen LogP contribution in [-0.2, 0) is 6.54 Å². The maximum atomic E-state index is 13.4. The van der Waals surface area contributed by atoms with E-state index in [0.717, 1.165) is 6.07 Å². The lowest BCUT2D eigenvalue weighted by molar-refractivity contribution is 0.300. The van der Waals surface area contributed by atoms with Crippen LogP contribution in [0, 0.1) is 17.5 Å². The highest BCUT2D eigenvalue weighted by Gasteiger charge is 2.17. The van der Waals surface area contributed by atoms with Crippen LogP contribution in [0.2, 0.25) is 0 Å². The van der Waals surface area contributed by atoms with E-state index in [4.69, 9.17) is 17.3 Å². The van der Waals surface area contributed by atoms with E-state index < -0.39 is 17.5 Å². The number of nitrogens with one attached hydrogen (secondary N) is 2. The smallest absolute Gasteiger partial charge is 0.195 e. The second kappa shape index (κ2) is 6.91. The molecule has 0 fully saturated rings. The lowest BCUT2D eigenvalue weighted by atomic mass is 10.2. The summed E-state index contributed by atoms with van der Waals surface area (Å²) in [5.74, 6) is -4.05. The number of aliphatic hydroxyl groups is 1. The van der Waals surface area contributed by atoms with Gasteiger partial charge in [-0.2, -0.15) is 0 Å². The molecule has 3 nitrogen and oxygen atoms in total. The fourth-order valence-corrected chi connectivity index (χ4v) is 1.78. The normalized spacial score (nSPS) is 10.3. The first-order valence-corrected chi connectivity index (χ1v) is 6.12. The molecule has 0 saturated carbocycles. The lowest BCUT2D eigenvalue weighted by Crippen LogP contribution is -2.36. The molecule has 8 heteroatoms. The van der Waals surface area contributed by atoms with E-state index in [0.29, 0.717) is 0 Å². The molecule has 1 aromatic carbocycles. The molecule has 100 valence electrons. The van der Waals surface area contributed by atoms with Gasteiger partial charge in [-0.1, -0.05) is 0 Å². The molecule has 0 atom stereocenters. The van der Waals surface area contributed by atoms with Gasteiger partial charge in [0.25, 0.3) is 0 Å². The molecule has 0 bridgehead atoms. The third kappa shape index (κ3) is 3.82. The van der Waals surface area contributed by atoms with Crippen molar-refractivity contribution in [2.75, 3.05) is 13.2 Å². The Morgan fingerprint density at radius 2 is 1.89 bits per heavy atom. The van der Waals surface area contributed by atoms with Crippen LogP contribution < -0.4 is 10.6 Å². The summed E-state index contributed by atoms with van der Waals surface area (Å²) in [6, 6.07) is 1.13. The van der Waals surface area contributed by atoms with Crippen LogP contribution >= 0.6 is 28.1 Å². The zero-order chi connectivity index (χ0) is 13.7. The molecule has 0 unspecified atom stereocenters. The maximum absolute atomic E-state index is 13.4. The quantitative estimate of drug-likeness (QED) is 0.443. The van der Waals surface area contributed by atoms with Crippen LogP contribution in [0.3, 0.4) is 0 Å². The summed E-state index contributed by atoms with van der Waals surface area (Å²) in [6.45, 7) is 0.0432. The van der Waals surface area contributed by atoms with Crippen molar-refractivity contribution in [2.45, 2.75) is 6.54 Å². The summed E-state index contributed by atoms with van der Waals surface area (Å²) in [5, 5.41) is 14.0. The number of hydrogen-bond acceptors (Lipinski definition) is 2. The molecule has 0 aromatic heterocycles. The second-order valence-electron chi connectivity index (χ2n) is 3.29. The van der Waals surface area contributed by atoms with Crippen molar-refractivity contribution in [2.24, 2.45) is 0 Å². The predicted molar refractivity (Wildman–Crippen MR) is 68.5 cm³/mol. The number of benzene rings is 1. The topological polar surface area (TPSA) is 44.3 Å². The number of thiocarbonyl (C=S) groups is 1. The molecule has 1 rings (SSSR count). The fourth-order valence-electron chi connectivity index (χ4n) is 1.16. The molecular weight excluding hydrogens is 333 g/mol. The molecule has 0 saturated heterocycles. The van der Waals surface area contributed by atoms with E-state index in [2.05, 4.69) is 26.6 Å². The van der Waals surface area contributed by atoms with Gasteiger partial charge >= 0.3 is 0 Å². The molecule has 18 heavy (non-hydrogen) atoms. The Hall–Kier alpha value is -0.860. The van der Waals surface area contributed by atoms with E-state index in [1.807, 2.05) is 0 Å². The minimum atomic E-state index is -1.53. The molecule has 0 aliphatic rings. The Morgan fingerprint density at radius 1 is 1.22 bits per heavy atom. The van der Waals surface area contributed by atoms with Gasteiger partial charge in [-0.15, -0.1) is 0 Å². The van der Waals surface area contributed by atoms with E-state index in [1.54, 1.807) is 0 Å². The Kier molecular flexibility index (Phi) is 5.83. The van der Waals surface area contributed by atoms with Gasteiger partial charge in [-0.25, -0.2) is 13.2 Å². The van der Waals surface area contributed by atoms with Crippen molar-refractivity contribution in [3.8, 4) is 0 Å². The summed E-state index contributed by atoms with van der Waals surface area (Å²) in [7, 11) is 0. The molecule has 0 amide bonds. The Bertz CT molecular complexity index is 459. The number of halogens is 4. The fraction of sp³-hybridized carbons (Fsp3) is 0.300. The summed E-state index contributed by atoms with van der Waals surface area (Å²) in [4.78, 5) is 0. The van der Waals surface area contributed by atoms with Crippen LogP contribution in [-0.4, -0.2) is 23.4 Å². The van der Waals surface area contributed by atoms with Crippen LogP contribution in [0.15, 0.2) is 10.5 Å². The first-order chi connectivity index (χ1) is 8.47. The Morgan fingerprint density at radius 3 is 2.50 bits per heavy atom. The van der Waals surface area contributed by atoms with E-state index in [9.17, 15) is 13.2 Å². The summed E-state index contributed by atoms with van der Waals surface area (Å²) in [5.41, 5.74) is -0.0612. The minimum absolute atomic E-state index is 0.0612. The minimum Gasteiger partial charge on any atom is -0.395 e. The number of hydrogen-bond donors (Lipinski definition) is 3. The number of aliphatic hydroxyl groups excluding tert-OH is 1. The van der Waals surface area contributed by atoms with Gasteiger partial charge in [0.1, 0.15) is 0 Å². The zero-order valence-corrected chi connectivity index (χ0v) is 11.5. The van der Waals surface area contributed by atoms with Gasteiger partial charge in [0.2, 0.25) is 0 Å². The largest absolute Gasteiger partial charge is 0.395 e. The van der Waals surface area contributed by atoms with Crippen molar-refractivity contribution in [1.82, 2.24) is 10.6 Å². The van der Waals surface area contributed by atoms with Crippen LogP contribution in [0.1, 0.15) is 5.56 Å². The van der Waals surface area contributed by atoms with Crippen LogP contribution in [0.5, 0.6) is 0 Å². The summed E-state index contributed by atoms with van der Waals surface area (Å²) >= 11 is 7.61.